The van der Waals surface area contributed by atoms with E-state index in [0.717, 1.165) is 5.56 Å². The molecule has 0 saturated carbocycles. The molecule has 6 heteroatoms. The number of rotatable bonds is 6. The van der Waals surface area contributed by atoms with Gasteiger partial charge in [-0.05, 0) is 58.2 Å². The number of carbonyl (C=O) groups excluding carboxylic acids is 1. The summed E-state index contributed by atoms with van der Waals surface area (Å²) in [5, 5.41) is 0.571. The first-order valence-electron chi connectivity index (χ1n) is 6.90. The van der Waals surface area contributed by atoms with Gasteiger partial charge in [0.25, 0.3) is 0 Å². The number of hydrogen-bond donors (Lipinski definition) is 0. The maximum absolute atomic E-state index is 12.0. The van der Waals surface area contributed by atoms with E-state index < -0.39 is 0 Å². The highest BCUT2D eigenvalue weighted by atomic mass is 79.9. The summed E-state index contributed by atoms with van der Waals surface area (Å²) in [6.07, 6.45) is 0.801. The normalized spacial score (nSPS) is 10.3. The molecule has 23 heavy (non-hydrogen) atoms. The SMILES string of the molecule is COc1ccc(CCC(=O)Oc2ccc(Cl)cc2Br)cc1OC. The lowest BCUT2D eigenvalue weighted by Crippen LogP contribution is -2.09. The Balaban J connectivity index is 1.96. The van der Waals surface area contributed by atoms with Crippen LogP contribution in [0.5, 0.6) is 17.2 Å². The fraction of sp³-hybridized carbons (Fsp3) is 0.235. The summed E-state index contributed by atoms with van der Waals surface area (Å²) < 4.78 is 16.4. The summed E-state index contributed by atoms with van der Waals surface area (Å²) in [6, 6.07) is 10.6. The highest BCUT2D eigenvalue weighted by Crippen LogP contribution is 2.29. The molecule has 0 spiro atoms. The van der Waals surface area contributed by atoms with Crippen LogP contribution >= 0.6 is 27.5 Å². The molecule has 0 atom stereocenters. The maximum Gasteiger partial charge on any atom is 0.311 e. The van der Waals surface area contributed by atoms with E-state index >= 15 is 0 Å². The van der Waals surface area contributed by atoms with Gasteiger partial charge in [-0.2, -0.15) is 0 Å². The molecule has 122 valence electrons. The molecule has 0 amide bonds. The smallest absolute Gasteiger partial charge is 0.311 e. The minimum absolute atomic E-state index is 0.255. The van der Waals surface area contributed by atoms with Gasteiger partial charge in [0.15, 0.2) is 11.5 Å². The van der Waals surface area contributed by atoms with Gasteiger partial charge in [-0.1, -0.05) is 17.7 Å². The van der Waals surface area contributed by atoms with Crippen molar-refractivity contribution in [1.29, 1.82) is 0 Å². The summed E-state index contributed by atoms with van der Waals surface area (Å²) in [6.45, 7) is 0. The molecule has 0 heterocycles. The number of esters is 1. The number of carbonyl (C=O) groups is 1. The molecule has 2 aromatic rings. The average molecular weight is 400 g/mol. The predicted octanol–water partition coefficient (Wildman–Crippen LogP) is 4.66. The van der Waals surface area contributed by atoms with E-state index in [1.807, 2.05) is 18.2 Å². The molecule has 0 aromatic heterocycles. The van der Waals surface area contributed by atoms with Crippen molar-refractivity contribution in [3.8, 4) is 17.2 Å². The fourth-order valence-corrected chi connectivity index (χ4v) is 2.78. The van der Waals surface area contributed by atoms with Crippen LogP contribution in [0.1, 0.15) is 12.0 Å². The van der Waals surface area contributed by atoms with Crippen molar-refractivity contribution in [2.24, 2.45) is 0 Å². The number of aryl methyl sites for hydroxylation is 1. The molecule has 2 rings (SSSR count). The first-order valence-corrected chi connectivity index (χ1v) is 8.07. The second-order valence-electron chi connectivity index (χ2n) is 4.74. The average Bonchev–Trinajstić information content (AvgIpc) is 2.55. The largest absolute Gasteiger partial charge is 0.493 e. The van der Waals surface area contributed by atoms with Crippen LogP contribution < -0.4 is 14.2 Å². The molecule has 0 bridgehead atoms. The molecule has 2 aromatic carbocycles. The first-order chi connectivity index (χ1) is 11.0. The van der Waals surface area contributed by atoms with Crippen LogP contribution in [0.2, 0.25) is 5.02 Å². The highest BCUT2D eigenvalue weighted by molar-refractivity contribution is 9.10. The summed E-state index contributed by atoms with van der Waals surface area (Å²) in [5.74, 6) is 1.43. The van der Waals surface area contributed by atoms with Crippen molar-refractivity contribution < 1.29 is 19.0 Å². The topological polar surface area (TPSA) is 44.8 Å². The van der Waals surface area contributed by atoms with Gasteiger partial charge >= 0.3 is 5.97 Å². The fourth-order valence-electron chi connectivity index (χ4n) is 2.01. The van der Waals surface area contributed by atoms with E-state index in [9.17, 15) is 4.79 Å². The van der Waals surface area contributed by atoms with Gasteiger partial charge in [-0.15, -0.1) is 0 Å². The predicted molar refractivity (Wildman–Crippen MR) is 92.7 cm³/mol. The lowest BCUT2D eigenvalue weighted by molar-refractivity contribution is -0.134. The number of ether oxygens (including phenoxy) is 3. The summed E-state index contributed by atoms with van der Waals surface area (Å²) in [5.41, 5.74) is 0.967. The summed E-state index contributed by atoms with van der Waals surface area (Å²) >= 11 is 9.17. The zero-order chi connectivity index (χ0) is 16.8. The number of methoxy groups -OCH3 is 2. The van der Waals surface area contributed by atoms with Gasteiger partial charge in [-0.3, -0.25) is 4.79 Å². The molecular formula is C17H16BrClO4. The second kappa shape index (κ2) is 8.22. The Kier molecular flexibility index (Phi) is 6.30. The van der Waals surface area contributed by atoms with E-state index in [1.54, 1.807) is 32.4 Å². The standard InChI is InChI=1S/C17H16BrClO4/c1-21-15-6-3-11(9-16(15)22-2)4-8-17(20)23-14-7-5-12(19)10-13(14)18/h3,5-7,9-10H,4,8H2,1-2H3. The maximum atomic E-state index is 12.0. The van der Waals surface area contributed by atoms with E-state index in [1.165, 1.54) is 0 Å². The monoisotopic (exact) mass is 398 g/mol. The molecule has 0 N–H and O–H groups in total. The lowest BCUT2D eigenvalue weighted by atomic mass is 10.1. The van der Waals surface area contributed by atoms with Gasteiger partial charge in [0, 0.05) is 11.4 Å². The zero-order valence-electron chi connectivity index (χ0n) is 12.8. The van der Waals surface area contributed by atoms with Crippen LogP contribution in [0.4, 0.5) is 0 Å². The first kappa shape index (κ1) is 17.6. The van der Waals surface area contributed by atoms with Crippen LogP contribution in [-0.4, -0.2) is 20.2 Å². The van der Waals surface area contributed by atoms with E-state index in [2.05, 4.69) is 15.9 Å². The third kappa shape index (κ3) is 4.88. The van der Waals surface area contributed by atoms with Crippen molar-refractivity contribution in [3.05, 3.63) is 51.5 Å². The third-order valence-corrected chi connectivity index (χ3v) is 4.04. The Hall–Kier alpha value is -1.72. The van der Waals surface area contributed by atoms with Crippen molar-refractivity contribution in [3.63, 3.8) is 0 Å². The lowest BCUT2D eigenvalue weighted by Gasteiger charge is -2.10. The molecule has 0 aliphatic heterocycles. The number of halogens is 2. The summed E-state index contributed by atoms with van der Waals surface area (Å²) in [4.78, 5) is 12.0. The van der Waals surface area contributed by atoms with Crippen LogP contribution in [0.25, 0.3) is 0 Å². The van der Waals surface area contributed by atoms with Gasteiger partial charge in [0.2, 0.25) is 0 Å². The summed E-state index contributed by atoms with van der Waals surface area (Å²) in [7, 11) is 3.16. The van der Waals surface area contributed by atoms with Crippen molar-refractivity contribution >= 4 is 33.5 Å². The van der Waals surface area contributed by atoms with Crippen molar-refractivity contribution in [2.75, 3.05) is 14.2 Å². The van der Waals surface area contributed by atoms with Gasteiger partial charge in [0.05, 0.1) is 18.7 Å². The van der Waals surface area contributed by atoms with Gasteiger partial charge in [-0.25, -0.2) is 0 Å². The molecule has 0 fully saturated rings. The Morgan fingerprint density at radius 2 is 1.74 bits per heavy atom. The molecule has 0 radical (unpaired) electrons. The third-order valence-electron chi connectivity index (χ3n) is 3.18. The molecule has 4 nitrogen and oxygen atoms in total. The number of benzene rings is 2. The van der Waals surface area contributed by atoms with Crippen LogP contribution in [0.3, 0.4) is 0 Å². The van der Waals surface area contributed by atoms with Gasteiger partial charge < -0.3 is 14.2 Å². The Morgan fingerprint density at radius 1 is 1.04 bits per heavy atom. The Bertz CT molecular complexity index is 703. The van der Waals surface area contributed by atoms with Crippen LogP contribution in [0, 0.1) is 0 Å². The minimum Gasteiger partial charge on any atom is -0.493 e. The molecular weight excluding hydrogens is 384 g/mol. The van der Waals surface area contributed by atoms with Gasteiger partial charge in [0.1, 0.15) is 5.75 Å². The van der Waals surface area contributed by atoms with E-state index in [0.29, 0.717) is 33.2 Å². The second-order valence-corrected chi connectivity index (χ2v) is 6.03. The quantitative estimate of drug-likeness (QED) is 0.523. The van der Waals surface area contributed by atoms with Crippen LogP contribution in [-0.2, 0) is 11.2 Å². The Morgan fingerprint density at radius 3 is 2.39 bits per heavy atom. The highest BCUT2D eigenvalue weighted by Gasteiger charge is 2.10. The van der Waals surface area contributed by atoms with Crippen molar-refractivity contribution in [1.82, 2.24) is 0 Å². The molecule has 0 aliphatic carbocycles. The molecule has 0 aliphatic rings. The molecule has 0 saturated heterocycles. The molecule has 0 unspecified atom stereocenters. The Labute approximate surface area is 148 Å². The number of hydrogen-bond acceptors (Lipinski definition) is 4. The van der Waals surface area contributed by atoms with E-state index in [4.69, 9.17) is 25.8 Å². The minimum atomic E-state index is -0.317. The zero-order valence-corrected chi connectivity index (χ0v) is 15.1. The van der Waals surface area contributed by atoms with Crippen molar-refractivity contribution in [2.45, 2.75) is 12.8 Å². The van der Waals surface area contributed by atoms with E-state index in [-0.39, 0.29) is 12.4 Å². The van der Waals surface area contributed by atoms with Crippen LogP contribution in [0.15, 0.2) is 40.9 Å².